The van der Waals surface area contributed by atoms with Crippen molar-refractivity contribution in [2.75, 3.05) is 20.1 Å². The predicted octanol–water partition coefficient (Wildman–Crippen LogP) is -0.226. The Morgan fingerprint density at radius 3 is 2.67 bits per heavy atom. The summed E-state index contributed by atoms with van der Waals surface area (Å²) in [6, 6.07) is 0. The van der Waals surface area contributed by atoms with Crippen LogP contribution in [0.3, 0.4) is 0 Å². The first-order chi connectivity index (χ1) is 5.59. The Kier molecular flexibility index (Phi) is 3.05. The van der Waals surface area contributed by atoms with Crippen LogP contribution < -0.4 is 0 Å². The van der Waals surface area contributed by atoms with E-state index in [-0.39, 0.29) is 18.4 Å². The summed E-state index contributed by atoms with van der Waals surface area (Å²) < 4.78 is 0. The Balaban J connectivity index is 2.28. The van der Waals surface area contributed by atoms with E-state index in [0.717, 1.165) is 6.54 Å². The van der Waals surface area contributed by atoms with Crippen molar-refractivity contribution in [2.45, 2.75) is 18.9 Å². The molecule has 0 radical (unpaired) electrons. The Hall–Kier alpha value is -0.610. The van der Waals surface area contributed by atoms with Gasteiger partial charge in [-0.3, -0.25) is 4.79 Å². The van der Waals surface area contributed by atoms with Crippen molar-refractivity contribution in [3.05, 3.63) is 0 Å². The number of hydrogen-bond donors (Lipinski definition) is 2. The zero-order valence-electron chi connectivity index (χ0n) is 7.23. The van der Waals surface area contributed by atoms with Crippen molar-refractivity contribution in [2.24, 2.45) is 5.92 Å². The van der Waals surface area contributed by atoms with Gasteiger partial charge in [-0.05, 0) is 19.4 Å². The highest BCUT2D eigenvalue weighted by atomic mass is 16.4. The molecule has 2 atom stereocenters. The number of nitrogens with zero attached hydrogens (tertiary/aromatic N) is 1. The van der Waals surface area contributed by atoms with E-state index in [1.54, 1.807) is 0 Å². The van der Waals surface area contributed by atoms with Gasteiger partial charge in [0.2, 0.25) is 0 Å². The molecule has 12 heavy (non-hydrogen) atoms. The second kappa shape index (κ2) is 3.87. The third-order valence-corrected chi connectivity index (χ3v) is 2.32. The van der Waals surface area contributed by atoms with Crippen molar-refractivity contribution in [1.82, 2.24) is 4.90 Å². The number of hydrogen-bond acceptors (Lipinski definition) is 3. The van der Waals surface area contributed by atoms with Crippen LogP contribution in [-0.2, 0) is 4.79 Å². The molecule has 4 nitrogen and oxygen atoms in total. The average molecular weight is 173 g/mol. The summed E-state index contributed by atoms with van der Waals surface area (Å²) in [5.41, 5.74) is 0. The number of β-amino-alcohol motifs (C(OH)–C–C–N with tert-alkyl or cyclic N) is 1. The highest BCUT2D eigenvalue weighted by Gasteiger charge is 2.28. The minimum Gasteiger partial charge on any atom is -0.481 e. The van der Waals surface area contributed by atoms with Gasteiger partial charge in [0.15, 0.2) is 0 Å². The SMILES string of the molecule is CN1C[C@H](CCC(=O)O)[C@H](O)C1. The Morgan fingerprint density at radius 2 is 2.25 bits per heavy atom. The van der Waals surface area contributed by atoms with Gasteiger partial charge in [-0.25, -0.2) is 0 Å². The van der Waals surface area contributed by atoms with Gasteiger partial charge in [-0.2, -0.15) is 0 Å². The van der Waals surface area contributed by atoms with E-state index >= 15 is 0 Å². The third-order valence-electron chi connectivity index (χ3n) is 2.32. The first-order valence-electron chi connectivity index (χ1n) is 4.18. The van der Waals surface area contributed by atoms with Crippen LogP contribution in [0.1, 0.15) is 12.8 Å². The smallest absolute Gasteiger partial charge is 0.303 e. The Labute approximate surface area is 71.8 Å². The average Bonchev–Trinajstić information content (AvgIpc) is 2.26. The van der Waals surface area contributed by atoms with E-state index in [0.29, 0.717) is 13.0 Å². The van der Waals surface area contributed by atoms with Gasteiger partial charge < -0.3 is 15.1 Å². The zero-order chi connectivity index (χ0) is 9.14. The van der Waals surface area contributed by atoms with E-state index in [1.165, 1.54) is 0 Å². The van der Waals surface area contributed by atoms with Gasteiger partial charge in [-0.15, -0.1) is 0 Å². The van der Waals surface area contributed by atoms with Gasteiger partial charge in [0.25, 0.3) is 0 Å². The fourth-order valence-electron chi connectivity index (χ4n) is 1.66. The number of rotatable bonds is 3. The number of likely N-dealkylation sites (N-methyl/N-ethyl adjacent to an activating group) is 1. The maximum Gasteiger partial charge on any atom is 0.303 e. The second-order valence-electron chi connectivity index (χ2n) is 3.48. The number of likely N-dealkylation sites (tertiary alicyclic amines) is 1. The molecule has 2 N–H and O–H groups in total. The lowest BCUT2D eigenvalue weighted by Crippen LogP contribution is -2.18. The molecule has 0 aromatic carbocycles. The molecule has 0 aliphatic carbocycles. The molecule has 1 heterocycles. The monoisotopic (exact) mass is 173 g/mol. The predicted molar refractivity (Wildman–Crippen MR) is 43.9 cm³/mol. The standard InChI is InChI=1S/C8H15NO3/c1-9-4-6(7(10)5-9)2-3-8(11)12/h6-7,10H,2-5H2,1H3,(H,11,12)/t6-,7+/m0/s1. The van der Waals surface area contributed by atoms with Gasteiger partial charge in [0, 0.05) is 19.5 Å². The topological polar surface area (TPSA) is 60.8 Å². The largest absolute Gasteiger partial charge is 0.481 e. The Bertz CT molecular complexity index is 172. The quantitative estimate of drug-likeness (QED) is 0.619. The number of carboxylic acid groups (broad SMARTS) is 1. The van der Waals surface area contributed by atoms with Gasteiger partial charge in [-0.1, -0.05) is 0 Å². The molecule has 0 bridgehead atoms. The molecule has 0 aromatic rings. The molecule has 1 aliphatic heterocycles. The van der Waals surface area contributed by atoms with Crippen molar-refractivity contribution < 1.29 is 15.0 Å². The molecule has 0 aromatic heterocycles. The van der Waals surface area contributed by atoms with E-state index in [4.69, 9.17) is 5.11 Å². The van der Waals surface area contributed by atoms with Crippen molar-refractivity contribution in [3.8, 4) is 0 Å². The summed E-state index contributed by atoms with van der Waals surface area (Å²) in [5, 5.41) is 17.9. The van der Waals surface area contributed by atoms with Crippen molar-refractivity contribution in [3.63, 3.8) is 0 Å². The van der Waals surface area contributed by atoms with Gasteiger partial charge >= 0.3 is 5.97 Å². The highest BCUT2D eigenvalue weighted by Crippen LogP contribution is 2.19. The van der Waals surface area contributed by atoms with Crippen molar-refractivity contribution >= 4 is 5.97 Å². The van der Waals surface area contributed by atoms with Crippen LogP contribution in [0.15, 0.2) is 0 Å². The fourth-order valence-corrected chi connectivity index (χ4v) is 1.66. The van der Waals surface area contributed by atoms with Crippen LogP contribution in [0.2, 0.25) is 0 Å². The molecule has 0 unspecified atom stereocenters. The summed E-state index contributed by atoms with van der Waals surface area (Å²) in [7, 11) is 1.93. The van der Waals surface area contributed by atoms with Crippen LogP contribution >= 0.6 is 0 Å². The minimum absolute atomic E-state index is 0.145. The van der Waals surface area contributed by atoms with Gasteiger partial charge in [0.05, 0.1) is 6.10 Å². The first-order valence-corrected chi connectivity index (χ1v) is 4.18. The summed E-state index contributed by atoms with van der Waals surface area (Å²) in [4.78, 5) is 12.3. The summed E-state index contributed by atoms with van der Waals surface area (Å²) >= 11 is 0. The van der Waals surface area contributed by atoms with Crippen LogP contribution in [0.25, 0.3) is 0 Å². The second-order valence-corrected chi connectivity index (χ2v) is 3.48. The Morgan fingerprint density at radius 1 is 1.58 bits per heavy atom. The van der Waals surface area contributed by atoms with Crippen LogP contribution in [0, 0.1) is 5.92 Å². The molecule has 0 spiro atoms. The van der Waals surface area contributed by atoms with Crippen LogP contribution in [-0.4, -0.2) is 47.3 Å². The zero-order valence-corrected chi connectivity index (χ0v) is 7.23. The molecule has 1 rings (SSSR count). The van der Waals surface area contributed by atoms with Crippen LogP contribution in [0.4, 0.5) is 0 Å². The lowest BCUT2D eigenvalue weighted by molar-refractivity contribution is -0.137. The molecule has 0 saturated carbocycles. The fraction of sp³-hybridized carbons (Fsp3) is 0.875. The number of carboxylic acids is 1. The van der Waals surface area contributed by atoms with E-state index in [1.807, 2.05) is 11.9 Å². The molecular formula is C8H15NO3. The van der Waals surface area contributed by atoms with Gasteiger partial charge in [0.1, 0.15) is 0 Å². The molecule has 1 saturated heterocycles. The maximum absolute atomic E-state index is 10.2. The molecular weight excluding hydrogens is 158 g/mol. The highest BCUT2D eigenvalue weighted by molar-refractivity contribution is 5.66. The molecule has 0 amide bonds. The molecule has 70 valence electrons. The normalized spacial score (nSPS) is 30.8. The number of aliphatic carboxylic acids is 1. The minimum atomic E-state index is -0.781. The van der Waals surface area contributed by atoms with Crippen LogP contribution in [0.5, 0.6) is 0 Å². The summed E-state index contributed by atoms with van der Waals surface area (Å²) in [6.07, 6.45) is 0.408. The third kappa shape index (κ3) is 2.46. The van der Waals surface area contributed by atoms with E-state index in [9.17, 15) is 9.90 Å². The molecule has 1 fully saturated rings. The summed E-state index contributed by atoms with van der Waals surface area (Å²) in [5.74, 6) is -0.636. The number of aliphatic hydroxyl groups is 1. The molecule has 1 aliphatic rings. The van der Waals surface area contributed by atoms with Crippen molar-refractivity contribution in [1.29, 1.82) is 0 Å². The van der Waals surface area contributed by atoms with E-state index in [2.05, 4.69) is 0 Å². The number of carbonyl (C=O) groups is 1. The maximum atomic E-state index is 10.2. The lowest BCUT2D eigenvalue weighted by Gasteiger charge is -2.10. The summed E-state index contributed by atoms with van der Waals surface area (Å²) in [6.45, 7) is 1.48. The van der Waals surface area contributed by atoms with E-state index < -0.39 is 5.97 Å². The molecule has 4 heteroatoms. The number of aliphatic hydroxyl groups excluding tert-OH is 1. The first kappa shape index (κ1) is 9.48. The lowest BCUT2D eigenvalue weighted by atomic mass is 10.0.